The summed E-state index contributed by atoms with van der Waals surface area (Å²) in [4.78, 5) is 24.4. The Balaban J connectivity index is 2.15. The Morgan fingerprint density at radius 1 is 0.933 bits per heavy atom. The topological polar surface area (TPSA) is 85.9 Å². The van der Waals surface area contributed by atoms with Crippen LogP contribution in [0.5, 0.6) is 11.5 Å². The van der Waals surface area contributed by atoms with Gasteiger partial charge in [0.2, 0.25) is 5.91 Å². The molecule has 0 heterocycles. The van der Waals surface area contributed by atoms with Gasteiger partial charge in [-0.3, -0.25) is 10.1 Å². The highest BCUT2D eigenvalue weighted by Crippen LogP contribution is 2.25. The van der Waals surface area contributed by atoms with E-state index in [1.807, 2.05) is 0 Å². The molecule has 0 saturated carbocycles. The van der Waals surface area contributed by atoms with Gasteiger partial charge in [-0.2, -0.15) is 0 Å². The third-order valence-electron chi connectivity index (χ3n) is 3.68. The number of benzene rings is 2. The highest BCUT2D eigenvalue weighted by atomic mass is 19.1. The average molecular weight is 416 g/mol. The lowest BCUT2D eigenvalue weighted by atomic mass is 10.2. The van der Waals surface area contributed by atoms with Gasteiger partial charge in [0, 0.05) is 12.1 Å². The van der Waals surface area contributed by atoms with Gasteiger partial charge in [-0.25, -0.2) is 9.18 Å². The molecule has 2 rings (SSSR count). The van der Waals surface area contributed by atoms with Crippen LogP contribution in [0.3, 0.4) is 0 Å². The molecular weight excluding hydrogens is 391 g/mol. The Morgan fingerprint density at radius 3 is 2.13 bits per heavy atom. The van der Waals surface area contributed by atoms with Gasteiger partial charge in [-0.1, -0.05) is 0 Å². The number of ether oxygens (including phenoxy) is 3. The largest absolute Gasteiger partial charge is 0.497 e. The first-order valence-corrected chi connectivity index (χ1v) is 9.11. The van der Waals surface area contributed by atoms with Crippen molar-refractivity contribution in [2.45, 2.75) is 26.4 Å². The lowest BCUT2D eigenvalue weighted by molar-refractivity contribution is -0.111. The number of halogens is 1. The lowest BCUT2D eigenvalue weighted by Gasteiger charge is -2.20. The molecule has 0 unspecified atom stereocenters. The van der Waals surface area contributed by atoms with Gasteiger partial charge in [0.1, 0.15) is 22.9 Å². The molecule has 2 amide bonds. The molecule has 0 spiro atoms. The molecule has 0 aromatic heterocycles. The minimum atomic E-state index is -0.719. The molecule has 0 atom stereocenters. The molecule has 0 aliphatic carbocycles. The smallest absolute Gasteiger partial charge is 0.412 e. The van der Waals surface area contributed by atoms with Crippen molar-refractivity contribution in [1.29, 1.82) is 0 Å². The van der Waals surface area contributed by atoms with Gasteiger partial charge in [0.15, 0.2) is 0 Å². The molecule has 160 valence electrons. The van der Waals surface area contributed by atoms with Gasteiger partial charge in [-0.15, -0.1) is 0 Å². The highest BCUT2D eigenvalue weighted by Gasteiger charge is 2.18. The van der Waals surface area contributed by atoms with E-state index in [0.29, 0.717) is 17.1 Å². The number of carbonyl (C=O) groups is 2. The van der Waals surface area contributed by atoms with E-state index in [-0.39, 0.29) is 11.4 Å². The summed E-state index contributed by atoms with van der Waals surface area (Å²) in [7, 11) is 3.05. The van der Waals surface area contributed by atoms with E-state index in [1.54, 1.807) is 45.0 Å². The molecule has 0 radical (unpaired) electrons. The van der Waals surface area contributed by atoms with E-state index >= 15 is 0 Å². The van der Waals surface area contributed by atoms with Crippen LogP contribution in [0, 0.1) is 5.82 Å². The van der Waals surface area contributed by atoms with E-state index in [0.717, 1.165) is 6.07 Å². The average Bonchev–Trinajstić information content (AvgIpc) is 2.66. The predicted molar refractivity (Wildman–Crippen MR) is 113 cm³/mol. The molecular formula is C22H25FN2O5. The Hall–Kier alpha value is -3.55. The second-order valence-corrected chi connectivity index (χ2v) is 7.29. The lowest BCUT2D eigenvalue weighted by Crippen LogP contribution is -2.27. The van der Waals surface area contributed by atoms with Crippen LogP contribution in [0.2, 0.25) is 0 Å². The van der Waals surface area contributed by atoms with E-state index < -0.39 is 23.4 Å². The van der Waals surface area contributed by atoms with E-state index in [9.17, 15) is 14.0 Å². The number of hydrogen-bond acceptors (Lipinski definition) is 5. The highest BCUT2D eigenvalue weighted by molar-refractivity contribution is 6.05. The minimum Gasteiger partial charge on any atom is -0.497 e. The van der Waals surface area contributed by atoms with Crippen molar-refractivity contribution in [3.63, 3.8) is 0 Å². The van der Waals surface area contributed by atoms with Crippen molar-refractivity contribution in [3.05, 3.63) is 53.9 Å². The summed E-state index contributed by atoms with van der Waals surface area (Å²) >= 11 is 0. The van der Waals surface area contributed by atoms with Crippen LogP contribution in [-0.4, -0.2) is 31.8 Å². The zero-order chi connectivity index (χ0) is 22.3. The monoisotopic (exact) mass is 416 g/mol. The molecule has 0 aliphatic rings. The number of hydrogen-bond donors (Lipinski definition) is 2. The Morgan fingerprint density at radius 2 is 1.57 bits per heavy atom. The van der Waals surface area contributed by atoms with Crippen molar-refractivity contribution in [2.75, 3.05) is 24.9 Å². The molecule has 30 heavy (non-hydrogen) atoms. The summed E-state index contributed by atoms with van der Waals surface area (Å²) in [6.45, 7) is 5.16. The summed E-state index contributed by atoms with van der Waals surface area (Å²) in [6, 6.07) is 8.77. The molecule has 2 N–H and O–H groups in total. The Bertz CT molecular complexity index is 929. The molecule has 0 saturated heterocycles. The van der Waals surface area contributed by atoms with Crippen molar-refractivity contribution in [2.24, 2.45) is 0 Å². The van der Waals surface area contributed by atoms with Gasteiger partial charge in [-0.05, 0) is 62.7 Å². The van der Waals surface area contributed by atoms with Crippen molar-refractivity contribution in [1.82, 2.24) is 0 Å². The zero-order valence-corrected chi connectivity index (χ0v) is 17.5. The SMILES string of the molecule is COc1cc(/C=C/C(=O)Nc2cc(F)ccc2NC(=O)OC(C)(C)C)cc(OC)c1. The van der Waals surface area contributed by atoms with E-state index in [1.165, 1.54) is 32.4 Å². The summed E-state index contributed by atoms with van der Waals surface area (Å²) < 4.78 is 29.3. The van der Waals surface area contributed by atoms with Crippen molar-refractivity contribution in [3.8, 4) is 11.5 Å². The van der Waals surface area contributed by atoms with Crippen LogP contribution in [-0.2, 0) is 9.53 Å². The van der Waals surface area contributed by atoms with Crippen LogP contribution >= 0.6 is 0 Å². The quantitative estimate of drug-likeness (QED) is 0.658. The van der Waals surface area contributed by atoms with Gasteiger partial charge < -0.3 is 19.5 Å². The normalized spacial score (nSPS) is 11.1. The third kappa shape index (κ3) is 7.12. The summed E-state index contributed by atoms with van der Waals surface area (Å²) in [6.07, 6.45) is 2.11. The van der Waals surface area contributed by atoms with Gasteiger partial charge in [0.25, 0.3) is 0 Å². The Kier molecular flexibility index (Phi) is 7.41. The standard InChI is InChI=1S/C22H25FN2O5/c1-22(2,3)30-21(27)25-18-8-7-15(23)12-19(18)24-20(26)9-6-14-10-16(28-4)13-17(11-14)29-5/h6-13H,1-5H3,(H,24,26)(H,25,27)/b9-6+. The summed E-state index contributed by atoms with van der Waals surface area (Å²) in [5, 5.41) is 5.05. The van der Waals surface area contributed by atoms with Gasteiger partial charge >= 0.3 is 6.09 Å². The molecule has 0 bridgehead atoms. The first-order valence-electron chi connectivity index (χ1n) is 9.11. The summed E-state index contributed by atoms with van der Waals surface area (Å²) in [5.41, 5.74) is 0.274. The number of amides is 2. The van der Waals surface area contributed by atoms with E-state index in [4.69, 9.17) is 14.2 Å². The van der Waals surface area contributed by atoms with Crippen LogP contribution < -0.4 is 20.1 Å². The number of anilines is 2. The molecule has 2 aromatic carbocycles. The maximum atomic E-state index is 13.7. The number of carbonyl (C=O) groups excluding carboxylic acids is 2. The Labute approximate surface area is 174 Å². The number of methoxy groups -OCH3 is 2. The predicted octanol–water partition coefficient (Wildman–Crippen LogP) is 4.84. The fraction of sp³-hybridized carbons (Fsp3) is 0.273. The first-order chi connectivity index (χ1) is 14.1. The van der Waals surface area contributed by atoms with Crippen molar-refractivity contribution >= 4 is 29.5 Å². The fourth-order valence-corrected chi connectivity index (χ4v) is 2.41. The fourth-order valence-electron chi connectivity index (χ4n) is 2.41. The van der Waals surface area contributed by atoms with Crippen LogP contribution in [0.1, 0.15) is 26.3 Å². The third-order valence-corrected chi connectivity index (χ3v) is 3.68. The van der Waals surface area contributed by atoms with Gasteiger partial charge in [0.05, 0.1) is 25.6 Å². The maximum absolute atomic E-state index is 13.7. The minimum absolute atomic E-state index is 0.0960. The second-order valence-electron chi connectivity index (χ2n) is 7.29. The number of nitrogens with one attached hydrogen (secondary N) is 2. The molecule has 7 nitrogen and oxygen atoms in total. The number of rotatable bonds is 6. The molecule has 0 aliphatic heterocycles. The molecule has 2 aromatic rings. The van der Waals surface area contributed by atoms with Crippen LogP contribution in [0.15, 0.2) is 42.5 Å². The zero-order valence-electron chi connectivity index (χ0n) is 17.5. The molecule has 8 heteroatoms. The van der Waals surface area contributed by atoms with Crippen molar-refractivity contribution < 1.29 is 28.2 Å². The first kappa shape index (κ1) is 22.7. The maximum Gasteiger partial charge on any atom is 0.412 e. The van der Waals surface area contributed by atoms with Crippen LogP contribution in [0.4, 0.5) is 20.6 Å². The second kappa shape index (κ2) is 9.78. The van der Waals surface area contributed by atoms with Crippen LogP contribution in [0.25, 0.3) is 6.08 Å². The van der Waals surface area contributed by atoms with E-state index in [2.05, 4.69) is 10.6 Å². The molecule has 0 fully saturated rings. The summed E-state index contributed by atoms with van der Waals surface area (Å²) in [5.74, 6) is 0.0583.